The molecule has 0 bridgehead atoms. The third kappa shape index (κ3) is 5.34. The Morgan fingerprint density at radius 2 is 1.48 bits per heavy atom. The highest BCUT2D eigenvalue weighted by Gasteiger charge is 2.52. The summed E-state index contributed by atoms with van der Waals surface area (Å²) in [5, 5.41) is 1.59. The lowest BCUT2D eigenvalue weighted by Crippen LogP contribution is -2.67. The van der Waals surface area contributed by atoms with Crippen LogP contribution in [0.1, 0.15) is 27.2 Å². The molecule has 10 heteroatoms. The molecule has 0 saturated heterocycles. The van der Waals surface area contributed by atoms with Gasteiger partial charge in [0.1, 0.15) is 11.9 Å². The summed E-state index contributed by atoms with van der Waals surface area (Å²) in [6.45, 7) is 6.23. The van der Waals surface area contributed by atoms with E-state index in [0.717, 1.165) is 10.4 Å². The maximum Gasteiger partial charge on any atom is 0.534 e. The maximum absolute atomic E-state index is 12.9. The molecule has 2 aromatic carbocycles. The molecule has 0 radical (unpaired) electrons. The minimum Gasteiger partial charge on any atom is -0.404 e. The van der Waals surface area contributed by atoms with Gasteiger partial charge in [-0.3, -0.25) is 0 Å². The first-order valence-electron chi connectivity index (χ1n) is 10.5. The minimum absolute atomic E-state index is 0.160. The molecule has 2 aromatic rings. The molecule has 0 saturated carbocycles. The van der Waals surface area contributed by atoms with Crippen LogP contribution in [0.3, 0.4) is 0 Å². The van der Waals surface area contributed by atoms with Crippen LogP contribution < -0.4 is 10.4 Å². The molecule has 0 aliphatic carbocycles. The van der Waals surface area contributed by atoms with Crippen molar-refractivity contribution in [2.75, 3.05) is 13.2 Å². The second kappa shape index (κ2) is 9.61. The van der Waals surface area contributed by atoms with Gasteiger partial charge in [-0.1, -0.05) is 81.4 Å². The number of rotatable bonds is 7. The van der Waals surface area contributed by atoms with E-state index >= 15 is 0 Å². The zero-order valence-electron chi connectivity index (χ0n) is 18.6. The Labute approximate surface area is 193 Å². The van der Waals surface area contributed by atoms with Crippen molar-refractivity contribution in [3.05, 3.63) is 72.5 Å². The average molecular weight is 501 g/mol. The van der Waals surface area contributed by atoms with Gasteiger partial charge in [0.25, 0.3) is 8.32 Å². The third-order valence-electron chi connectivity index (χ3n) is 5.46. The van der Waals surface area contributed by atoms with Crippen molar-refractivity contribution in [1.82, 2.24) is 0 Å². The van der Waals surface area contributed by atoms with E-state index in [-0.39, 0.29) is 24.7 Å². The summed E-state index contributed by atoms with van der Waals surface area (Å²) in [6.07, 6.45) is 0.461. The smallest absolute Gasteiger partial charge is 0.404 e. The predicted octanol–water partition coefficient (Wildman–Crippen LogP) is 4.10. The van der Waals surface area contributed by atoms with Crippen molar-refractivity contribution in [1.29, 1.82) is 0 Å². The fourth-order valence-corrected chi connectivity index (χ4v) is 9.06. The van der Waals surface area contributed by atoms with Gasteiger partial charge in [0.2, 0.25) is 0 Å². The van der Waals surface area contributed by atoms with E-state index in [1.54, 1.807) is 0 Å². The SMILES string of the molecule is CC(C)(C)[Si](OCC1OCCC=C1OS(=O)(=O)C(F)(F)F)(c1ccccc1)c1ccccc1. The van der Waals surface area contributed by atoms with Crippen molar-refractivity contribution in [3.63, 3.8) is 0 Å². The molecule has 33 heavy (non-hydrogen) atoms. The molecule has 0 N–H and O–H groups in total. The fraction of sp³-hybridized carbons (Fsp3) is 0.391. The second-order valence-corrected chi connectivity index (χ2v) is 14.6. The maximum atomic E-state index is 12.9. The zero-order valence-corrected chi connectivity index (χ0v) is 20.4. The van der Waals surface area contributed by atoms with Crippen LogP contribution in [0.25, 0.3) is 0 Å². The lowest BCUT2D eigenvalue weighted by Gasteiger charge is -2.43. The van der Waals surface area contributed by atoms with Crippen molar-refractivity contribution >= 4 is 28.8 Å². The Morgan fingerprint density at radius 3 is 1.94 bits per heavy atom. The van der Waals surface area contributed by atoms with E-state index in [0.29, 0.717) is 0 Å². The lowest BCUT2D eigenvalue weighted by atomic mass is 10.2. The predicted molar refractivity (Wildman–Crippen MR) is 122 cm³/mol. The summed E-state index contributed by atoms with van der Waals surface area (Å²) in [5.74, 6) is -0.406. The Hall–Kier alpha value is -2.14. The van der Waals surface area contributed by atoms with E-state index in [4.69, 9.17) is 9.16 Å². The summed E-state index contributed by atoms with van der Waals surface area (Å²) in [6, 6.07) is 19.4. The van der Waals surface area contributed by atoms with Crippen LogP contribution in [0, 0.1) is 0 Å². The number of benzene rings is 2. The van der Waals surface area contributed by atoms with E-state index in [9.17, 15) is 21.6 Å². The number of hydrogen-bond acceptors (Lipinski definition) is 5. The molecule has 1 unspecified atom stereocenters. The van der Waals surface area contributed by atoms with E-state index in [1.165, 1.54) is 6.08 Å². The van der Waals surface area contributed by atoms with Gasteiger partial charge in [0.15, 0.2) is 0 Å². The molecular formula is C23H27F3O5SSi. The van der Waals surface area contributed by atoms with Gasteiger partial charge in [-0.25, -0.2) is 0 Å². The van der Waals surface area contributed by atoms with E-state index in [2.05, 4.69) is 25.0 Å². The Morgan fingerprint density at radius 1 is 0.970 bits per heavy atom. The van der Waals surface area contributed by atoms with Gasteiger partial charge in [0.05, 0.1) is 13.2 Å². The van der Waals surface area contributed by atoms with Crippen LogP contribution in [0.2, 0.25) is 5.04 Å². The molecule has 0 fully saturated rings. The van der Waals surface area contributed by atoms with Crippen molar-refractivity contribution in [2.24, 2.45) is 0 Å². The normalized spacial score (nSPS) is 18.0. The van der Waals surface area contributed by atoms with E-state index < -0.39 is 35.8 Å². The molecule has 0 aromatic heterocycles. The van der Waals surface area contributed by atoms with E-state index in [1.807, 2.05) is 60.7 Å². The molecule has 1 aliphatic rings. The monoisotopic (exact) mass is 500 g/mol. The van der Waals surface area contributed by atoms with Gasteiger partial charge in [-0.05, 0) is 27.9 Å². The molecule has 0 spiro atoms. The number of alkyl halides is 3. The molecule has 5 nitrogen and oxygen atoms in total. The summed E-state index contributed by atoms with van der Waals surface area (Å²) < 4.78 is 78.5. The summed E-state index contributed by atoms with van der Waals surface area (Å²) in [5.41, 5.74) is -5.53. The average Bonchev–Trinajstić information content (AvgIpc) is 2.75. The van der Waals surface area contributed by atoms with Crippen LogP contribution in [0.5, 0.6) is 0 Å². The summed E-state index contributed by atoms with van der Waals surface area (Å²) >= 11 is 0. The molecule has 180 valence electrons. The highest BCUT2D eigenvalue weighted by molar-refractivity contribution is 7.87. The van der Waals surface area contributed by atoms with Gasteiger partial charge >= 0.3 is 15.6 Å². The number of halogens is 3. The number of hydrogen-bond donors (Lipinski definition) is 0. The van der Waals surface area contributed by atoms with Crippen molar-refractivity contribution in [3.8, 4) is 0 Å². The van der Waals surface area contributed by atoms with Crippen LogP contribution in [0.15, 0.2) is 72.5 Å². The first-order valence-corrected chi connectivity index (χ1v) is 13.8. The highest BCUT2D eigenvalue weighted by Crippen LogP contribution is 2.37. The van der Waals surface area contributed by atoms with Gasteiger partial charge < -0.3 is 13.3 Å². The van der Waals surface area contributed by atoms with Crippen LogP contribution in [0.4, 0.5) is 13.2 Å². The van der Waals surface area contributed by atoms with Crippen LogP contribution in [-0.4, -0.2) is 41.6 Å². The molecule has 1 atom stereocenters. The van der Waals surface area contributed by atoms with Crippen LogP contribution >= 0.6 is 0 Å². The third-order valence-corrected chi connectivity index (χ3v) is 11.4. The first kappa shape index (κ1) is 25.5. The molecule has 1 heterocycles. The van der Waals surface area contributed by atoms with Gasteiger partial charge in [-0.2, -0.15) is 21.6 Å². The summed E-state index contributed by atoms with van der Waals surface area (Å²) in [7, 11) is -8.80. The van der Waals surface area contributed by atoms with Crippen molar-refractivity contribution in [2.45, 2.75) is 43.8 Å². The summed E-state index contributed by atoms with van der Waals surface area (Å²) in [4.78, 5) is 0. The topological polar surface area (TPSA) is 61.8 Å². The largest absolute Gasteiger partial charge is 0.534 e. The fourth-order valence-electron chi connectivity index (χ4n) is 3.98. The van der Waals surface area contributed by atoms with Crippen LogP contribution in [-0.2, 0) is 23.5 Å². The van der Waals surface area contributed by atoms with Crippen molar-refractivity contribution < 1.29 is 34.9 Å². The Bertz CT molecular complexity index is 1030. The highest BCUT2D eigenvalue weighted by atomic mass is 32.2. The Balaban J connectivity index is 1.99. The number of ether oxygens (including phenoxy) is 1. The minimum atomic E-state index is -5.81. The molecular weight excluding hydrogens is 473 g/mol. The standard InChI is InChI=1S/C23H27F3O5SSi/c1-22(2,3)33(18-11-6-4-7-12-18,19-13-8-5-9-14-19)30-17-21-20(15-10-16-29-21)31-32(27,28)23(24,25)26/h4-9,11-15,21H,10,16-17H2,1-3H3. The molecule has 3 rings (SSSR count). The lowest BCUT2D eigenvalue weighted by molar-refractivity contribution is -0.0558. The quantitative estimate of drug-likeness (QED) is 0.325. The molecule has 0 amide bonds. The molecule has 1 aliphatic heterocycles. The zero-order chi connectivity index (χ0) is 24.3. The second-order valence-electron chi connectivity index (χ2n) is 8.71. The van der Waals surface area contributed by atoms with Gasteiger partial charge in [-0.15, -0.1) is 0 Å². The Kier molecular flexibility index (Phi) is 7.42. The first-order chi connectivity index (χ1) is 15.4. The van der Waals surface area contributed by atoms with Gasteiger partial charge in [0, 0.05) is 0 Å².